The van der Waals surface area contributed by atoms with Gasteiger partial charge in [-0.1, -0.05) is 31.4 Å². The van der Waals surface area contributed by atoms with E-state index in [9.17, 15) is 4.79 Å². The molecule has 1 rings (SSSR count). The van der Waals surface area contributed by atoms with Gasteiger partial charge < -0.3 is 5.11 Å². The van der Waals surface area contributed by atoms with Crippen molar-refractivity contribution in [3.63, 3.8) is 0 Å². The van der Waals surface area contributed by atoms with Crippen molar-refractivity contribution in [2.75, 3.05) is 5.75 Å². The topological polar surface area (TPSA) is 37.3 Å². The number of aromatic carboxylic acids is 1. The van der Waals surface area contributed by atoms with Crippen LogP contribution < -0.4 is 0 Å². The van der Waals surface area contributed by atoms with Gasteiger partial charge in [0.2, 0.25) is 0 Å². The number of rotatable bonds is 6. The lowest BCUT2D eigenvalue weighted by atomic mass is 10.2. The molecule has 0 saturated carbocycles. The van der Waals surface area contributed by atoms with E-state index in [0.29, 0.717) is 5.02 Å². The second-order valence-corrected chi connectivity index (χ2v) is 5.08. The van der Waals surface area contributed by atoms with E-state index in [1.54, 1.807) is 23.9 Å². The van der Waals surface area contributed by atoms with Crippen molar-refractivity contribution in [1.82, 2.24) is 0 Å². The van der Waals surface area contributed by atoms with E-state index < -0.39 is 5.97 Å². The van der Waals surface area contributed by atoms with Gasteiger partial charge in [-0.3, -0.25) is 0 Å². The van der Waals surface area contributed by atoms with Gasteiger partial charge in [0.1, 0.15) is 0 Å². The van der Waals surface area contributed by atoms with Gasteiger partial charge in [-0.25, -0.2) is 4.79 Å². The maximum absolute atomic E-state index is 10.9. The first-order chi connectivity index (χ1) is 7.65. The van der Waals surface area contributed by atoms with Crippen LogP contribution in [0.1, 0.15) is 36.5 Å². The number of carbonyl (C=O) groups is 1. The summed E-state index contributed by atoms with van der Waals surface area (Å²) in [6.07, 6.45) is 3.57. The molecule has 0 heterocycles. The first kappa shape index (κ1) is 13.4. The monoisotopic (exact) mass is 258 g/mol. The molecule has 1 aromatic rings. The molecule has 0 radical (unpaired) electrons. The Morgan fingerprint density at radius 2 is 2.19 bits per heavy atom. The number of benzene rings is 1. The van der Waals surface area contributed by atoms with Gasteiger partial charge in [-0.2, -0.15) is 0 Å². The standard InChI is InChI=1S/C12H15ClO2S/c1-2-3-4-7-16-9-5-6-11(13)10(8-9)12(14)15/h5-6,8H,2-4,7H2,1H3,(H,14,15). The molecule has 0 amide bonds. The van der Waals surface area contributed by atoms with Crippen LogP contribution in [-0.2, 0) is 0 Å². The number of carboxylic acids is 1. The van der Waals surface area contributed by atoms with E-state index in [-0.39, 0.29) is 5.56 Å². The molecule has 0 aliphatic carbocycles. The smallest absolute Gasteiger partial charge is 0.337 e. The van der Waals surface area contributed by atoms with E-state index >= 15 is 0 Å². The Bertz CT molecular complexity index is 366. The molecule has 0 unspecified atom stereocenters. The predicted octanol–water partition coefficient (Wildman–Crippen LogP) is 4.32. The first-order valence-corrected chi connectivity index (χ1v) is 6.67. The summed E-state index contributed by atoms with van der Waals surface area (Å²) in [5, 5.41) is 9.20. The zero-order valence-electron chi connectivity index (χ0n) is 9.20. The Hall–Kier alpha value is -0.670. The quantitative estimate of drug-likeness (QED) is 0.610. The summed E-state index contributed by atoms with van der Waals surface area (Å²) in [4.78, 5) is 11.8. The number of halogens is 1. The van der Waals surface area contributed by atoms with Crippen LogP contribution in [-0.4, -0.2) is 16.8 Å². The molecule has 88 valence electrons. The summed E-state index contributed by atoms with van der Waals surface area (Å²) in [5.74, 6) is 0.0511. The maximum Gasteiger partial charge on any atom is 0.337 e. The van der Waals surface area contributed by atoms with Crippen molar-refractivity contribution in [2.24, 2.45) is 0 Å². The predicted molar refractivity (Wildman–Crippen MR) is 68.7 cm³/mol. The van der Waals surface area contributed by atoms with Crippen LogP contribution in [0.4, 0.5) is 0 Å². The second kappa shape index (κ2) is 6.81. The fraction of sp³-hybridized carbons (Fsp3) is 0.417. The van der Waals surface area contributed by atoms with E-state index in [1.807, 2.05) is 6.07 Å². The molecule has 2 nitrogen and oxygen atoms in total. The lowest BCUT2D eigenvalue weighted by Crippen LogP contribution is -1.97. The third-order valence-corrected chi connectivity index (χ3v) is 3.59. The van der Waals surface area contributed by atoms with Gasteiger partial charge in [-0.05, 0) is 30.4 Å². The minimum Gasteiger partial charge on any atom is -0.478 e. The largest absolute Gasteiger partial charge is 0.478 e. The van der Waals surface area contributed by atoms with E-state index in [0.717, 1.165) is 17.1 Å². The van der Waals surface area contributed by atoms with Crippen molar-refractivity contribution < 1.29 is 9.90 Å². The fourth-order valence-electron chi connectivity index (χ4n) is 1.30. The zero-order valence-corrected chi connectivity index (χ0v) is 10.8. The van der Waals surface area contributed by atoms with Crippen molar-refractivity contribution in [2.45, 2.75) is 31.1 Å². The number of hydrogen-bond acceptors (Lipinski definition) is 2. The Morgan fingerprint density at radius 1 is 1.44 bits per heavy atom. The first-order valence-electron chi connectivity index (χ1n) is 5.30. The molecule has 0 spiro atoms. The molecule has 1 aromatic carbocycles. The van der Waals surface area contributed by atoms with Crippen LogP contribution in [0.3, 0.4) is 0 Å². The third kappa shape index (κ3) is 4.06. The normalized spacial score (nSPS) is 10.4. The lowest BCUT2D eigenvalue weighted by molar-refractivity contribution is 0.0697. The van der Waals surface area contributed by atoms with Crippen LogP contribution >= 0.6 is 23.4 Å². The Labute approximate surface area is 105 Å². The summed E-state index contributed by atoms with van der Waals surface area (Å²) in [5.41, 5.74) is 0.183. The molecule has 1 N–H and O–H groups in total. The van der Waals surface area contributed by atoms with Gasteiger partial charge in [0.15, 0.2) is 0 Å². The molecule has 0 aliphatic heterocycles. The SMILES string of the molecule is CCCCCSc1ccc(Cl)c(C(=O)O)c1. The van der Waals surface area contributed by atoms with E-state index in [4.69, 9.17) is 16.7 Å². The number of thioether (sulfide) groups is 1. The highest BCUT2D eigenvalue weighted by Crippen LogP contribution is 2.25. The highest BCUT2D eigenvalue weighted by Gasteiger charge is 2.09. The van der Waals surface area contributed by atoms with Gasteiger partial charge >= 0.3 is 5.97 Å². The summed E-state index contributed by atoms with van der Waals surface area (Å²) < 4.78 is 0. The molecule has 0 aromatic heterocycles. The van der Waals surface area contributed by atoms with Crippen LogP contribution in [0.15, 0.2) is 23.1 Å². The van der Waals surface area contributed by atoms with Crippen LogP contribution in [0, 0.1) is 0 Å². The second-order valence-electron chi connectivity index (χ2n) is 3.50. The molecule has 0 saturated heterocycles. The Balaban J connectivity index is 2.61. The lowest BCUT2D eigenvalue weighted by Gasteiger charge is -2.04. The Morgan fingerprint density at radius 3 is 2.81 bits per heavy atom. The zero-order chi connectivity index (χ0) is 12.0. The van der Waals surface area contributed by atoms with Gasteiger partial charge in [0, 0.05) is 4.90 Å². The van der Waals surface area contributed by atoms with Gasteiger partial charge in [0.25, 0.3) is 0 Å². The third-order valence-electron chi connectivity index (χ3n) is 2.18. The summed E-state index contributed by atoms with van der Waals surface area (Å²) in [6, 6.07) is 5.15. The van der Waals surface area contributed by atoms with Crippen molar-refractivity contribution >= 4 is 29.3 Å². The summed E-state index contributed by atoms with van der Waals surface area (Å²) >= 11 is 7.46. The highest BCUT2D eigenvalue weighted by molar-refractivity contribution is 7.99. The van der Waals surface area contributed by atoms with Crippen LogP contribution in [0.2, 0.25) is 5.02 Å². The molecular formula is C12H15ClO2S. The molecule has 0 aliphatic rings. The average Bonchev–Trinajstić information content (AvgIpc) is 2.26. The fourth-order valence-corrected chi connectivity index (χ4v) is 2.45. The maximum atomic E-state index is 10.9. The van der Waals surface area contributed by atoms with E-state index in [1.165, 1.54) is 12.8 Å². The van der Waals surface area contributed by atoms with Crippen LogP contribution in [0.5, 0.6) is 0 Å². The van der Waals surface area contributed by atoms with Crippen molar-refractivity contribution in [3.05, 3.63) is 28.8 Å². The highest BCUT2D eigenvalue weighted by atomic mass is 35.5. The molecule has 4 heteroatoms. The molecule has 0 fully saturated rings. The van der Waals surface area contributed by atoms with E-state index in [2.05, 4.69) is 6.92 Å². The molecule has 0 atom stereocenters. The number of unbranched alkanes of at least 4 members (excludes halogenated alkanes) is 2. The molecule has 16 heavy (non-hydrogen) atoms. The van der Waals surface area contributed by atoms with Crippen molar-refractivity contribution in [3.8, 4) is 0 Å². The van der Waals surface area contributed by atoms with Crippen molar-refractivity contribution in [1.29, 1.82) is 0 Å². The van der Waals surface area contributed by atoms with Crippen LogP contribution in [0.25, 0.3) is 0 Å². The number of hydrogen-bond donors (Lipinski definition) is 1. The summed E-state index contributed by atoms with van der Waals surface area (Å²) in [6.45, 7) is 2.16. The minimum absolute atomic E-state index is 0.183. The summed E-state index contributed by atoms with van der Waals surface area (Å²) in [7, 11) is 0. The van der Waals surface area contributed by atoms with Gasteiger partial charge in [-0.15, -0.1) is 11.8 Å². The molecular weight excluding hydrogens is 244 g/mol. The molecule has 0 bridgehead atoms. The Kier molecular flexibility index (Phi) is 5.71. The minimum atomic E-state index is -0.971. The average molecular weight is 259 g/mol. The van der Waals surface area contributed by atoms with Gasteiger partial charge in [0.05, 0.1) is 10.6 Å². The number of carboxylic acid groups (broad SMARTS) is 1.